The van der Waals surface area contributed by atoms with Crippen molar-refractivity contribution in [3.05, 3.63) is 53.0 Å². The highest BCUT2D eigenvalue weighted by atomic mass is 32.1. The Balaban J connectivity index is 1.16. The van der Waals surface area contributed by atoms with Crippen LogP contribution >= 0.6 is 11.3 Å². The number of aromatic amines is 1. The van der Waals surface area contributed by atoms with Crippen molar-refractivity contribution in [3.63, 3.8) is 0 Å². The Labute approximate surface area is 221 Å². The molecule has 2 aliphatic rings. The van der Waals surface area contributed by atoms with Crippen molar-refractivity contribution in [1.82, 2.24) is 19.9 Å². The van der Waals surface area contributed by atoms with E-state index in [4.69, 9.17) is 4.98 Å². The molecule has 3 N–H and O–H groups in total. The summed E-state index contributed by atoms with van der Waals surface area (Å²) in [6.07, 6.45) is 8.60. The van der Waals surface area contributed by atoms with Crippen LogP contribution in [0.15, 0.2) is 47.4 Å². The number of hydrogen-bond acceptors (Lipinski definition) is 6. The summed E-state index contributed by atoms with van der Waals surface area (Å²) in [5.74, 6) is 0.987. The van der Waals surface area contributed by atoms with Crippen LogP contribution in [0, 0.1) is 12.8 Å². The molecule has 0 unspecified atom stereocenters. The van der Waals surface area contributed by atoms with Crippen LogP contribution in [0.4, 0.5) is 5.95 Å². The molecular weight excluding hydrogens is 482 g/mol. The van der Waals surface area contributed by atoms with Gasteiger partial charge in [0.1, 0.15) is 0 Å². The van der Waals surface area contributed by atoms with Gasteiger partial charge in [-0.05, 0) is 85.0 Å². The van der Waals surface area contributed by atoms with Gasteiger partial charge in [-0.25, -0.2) is 9.97 Å². The summed E-state index contributed by atoms with van der Waals surface area (Å²) in [5.41, 5.74) is 6.81. The Morgan fingerprint density at radius 1 is 1.05 bits per heavy atom. The number of carbonyl (C=O) groups excluding carboxylic acids is 1. The maximum Gasteiger partial charge on any atom is 0.225 e. The van der Waals surface area contributed by atoms with Crippen molar-refractivity contribution in [1.29, 1.82) is 0 Å². The SMILES string of the molecule is Cc1cscc1-c1cccc2[nH]cc(-c3ccnc(NC4CCC(C(=O)N5CCC(O)CC5)CC4)n3)c12. The lowest BCUT2D eigenvalue weighted by atomic mass is 9.85. The highest BCUT2D eigenvalue weighted by molar-refractivity contribution is 7.08. The molecule has 1 aliphatic heterocycles. The van der Waals surface area contributed by atoms with Crippen LogP contribution in [0.5, 0.6) is 0 Å². The second kappa shape index (κ2) is 10.3. The molecule has 7 nitrogen and oxygen atoms in total. The Kier molecular flexibility index (Phi) is 6.69. The number of hydrogen-bond donors (Lipinski definition) is 3. The number of aliphatic hydroxyl groups excluding tert-OH is 1. The molecule has 0 atom stereocenters. The molecule has 4 aromatic rings. The van der Waals surface area contributed by atoms with Gasteiger partial charge >= 0.3 is 0 Å². The minimum atomic E-state index is -0.254. The van der Waals surface area contributed by atoms with Crippen molar-refractivity contribution in [2.45, 2.75) is 57.6 Å². The standard InChI is InChI=1S/C29H33N5O2S/c1-18-16-37-17-24(18)22-3-2-4-26-27(22)23(15-31-26)25-9-12-30-29(33-25)32-20-7-5-19(6-8-20)28(36)34-13-10-21(35)11-14-34/h2-4,9,12,15-17,19-21,31,35H,5-8,10-11,13-14H2,1H3,(H,30,32,33). The van der Waals surface area contributed by atoms with Crippen LogP contribution in [0.3, 0.4) is 0 Å². The zero-order valence-electron chi connectivity index (χ0n) is 21.1. The summed E-state index contributed by atoms with van der Waals surface area (Å²) in [7, 11) is 0. The van der Waals surface area contributed by atoms with E-state index in [-0.39, 0.29) is 24.0 Å². The van der Waals surface area contributed by atoms with Gasteiger partial charge in [-0.2, -0.15) is 11.3 Å². The molecule has 192 valence electrons. The molecule has 1 saturated heterocycles. The normalized spacial score (nSPS) is 20.9. The van der Waals surface area contributed by atoms with Crippen molar-refractivity contribution in [2.24, 2.45) is 5.92 Å². The summed E-state index contributed by atoms with van der Waals surface area (Å²) in [6, 6.07) is 8.61. The van der Waals surface area contributed by atoms with Gasteiger partial charge in [0.2, 0.25) is 11.9 Å². The average Bonchev–Trinajstić information content (AvgIpc) is 3.56. The summed E-state index contributed by atoms with van der Waals surface area (Å²) in [6.45, 7) is 3.52. The predicted molar refractivity (Wildman–Crippen MR) is 149 cm³/mol. The van der Waals surface area contributed by atoms with Crippen LogP contribution in [0.2, 0.25) is 0 Å². The third-order valence-corrected chi connectivity index (χ3v) is 8.83. The number of likely N-dealkylation sites (tertiary alicyclic amines) is 1. The van der Waals surface area contributed by atoms with E-state index >= 15 is 0 Å². The third-order valence-electron chi connectivity index (χ3n) is 7.97. The number of aryl methyl sites for hydroxylation is 1. The Morgan fingerprint density at radius 3 is 2.62 bits per heavy atom. The van der Waals surface area contributed by atoms with E-state index in [1.807, 2.05) is 23.4 Å². The van der Waals surface area contributed by atoms with Gasteiger partial charge in [0.15, 0.2) is 0 Å². The number of rotatable bonds is 5. The summed E-state index contributed by atoms with van der Waals surface area (Å²) in [5, 5.41) is 18.9. The Bertz CT molecular complexity index is 1400. The molecule has 0 bridgehead atoms. The predicted octanol–water partition coefficient (Wildman–Crippen LogP) is 5.62. The van der Waals surface area contributed by atoms with E-state index < -0.39 is 0 Å². The number of aromatic nitrogens is 3. The van der Waals surface area contributed by atoms with Gasteiger partial charge in [-0.3, -0.25) is 4.79 Å². The van der Waals surface area contributed by atoms with Crippen LogP contribution in [0.1, 0.15) is 44.1 Å². The van der Waals surface area contributed by atoms with E-state index in [1.54, 1.807) is 11.3 Å². The number of carbonyl (C=O) groups is 1. The molecule has 1 aromatic carbocycles. The Morgan fingerprint density at radius 2 is 1.86 bits per heavy atom. The molecule has 3 aromatic heterocycles. The second-order valence-corrected chi connectivity index (χ2v) is 11.2. The highest BCUT2D eigenvalue weighted by Crippen LogP contribution is 2.38. The molecular formula is C29H33N5O2S. The average molecular weight is 516 g/mol. The summed E-state index contributed by atoms with van der Waals surface area (Å²) in [4.78, 5) is 27.7. The lowest BCUT2D eigenvalue weighted by molar-refractivity contribution is -0.138. The van der Waals surface area contributed by atoms with Crippen LogP contribution in [-0.2, 0) is 4.79 Å². The molecule has 8 heteroatoms. The van der Waals surface area contributed by atoms with E-state index in [2.05, 4.69) is 51.2 Å². The minimum absolute atomic E-state index is 0.0887. The van der Waals surface area contributed by atoms with Crippen molar-refractivity contribution in [2.75, 3.05) is 18.4 Å². The first kappa shape index (κ1) is 24.1. The monoisotopic (exact) mass is 515 g/mol. The van der Waals surface area contributed by atoms with Crippen molar-refractivity contribution in [3.8, 4) is 22.4 Å². The first-order chi connectivity index (χ1) is 18.1. The molecule has 1 amide bonds. The number of fused-ring (bicyclic) bond motifs is 1. The van der Waals surface area contributed by atoms with E-state index in [9.17, 15) is 9.90 Å². The second-order valence-electron chi connectivity index (χ2n) is 10.4. The van der Waals surface area contributed by atoms with Gasteiger partial charge in [-0.15, -0.1) is 0 Å². The molecule has 0 radical (unpaired) electrons. The number of aliphatic hydroxyl groups is 1. The largest absolute Gasteiger partial charge is 0.393 e. The summed E-state index contributed by atoms with van der Waals surface area (Å²) < 4.78 is 0. The highest BCUT2D eigenvalue weighted by Gasteiger charge is 2.31. The number of benzene rings is 1. The maximum absolute atomic E-state index is 12.9. The number of piperidine rings is 1. The molecule has 4 heterocycles. The van der Waals surface area contributed by atoms with Crippen LogP contribution in [-0.4, -0.2) is 56.1 Å². The van der Waals surface area contributed by atoms with Crippen molar-refractivity contribution < 1.29 is 9.90 Å². The fourth-order valence-electron chi connectivity index (χ4n) is 5.84. The number of amides is 1. The number of anilines is 1. The van der Waals surface area contributed by atoms with Gasteiger partial charge < -0.3 is 20.3 Å². The smallest absolute Gasteiger partial charge is 0.225 e. The van der Waals surface area contributed by atoms with Gasteiger partial charge in [0.05, 0.1) is 11.8 Å². The molecule has 2 fully saturated rings. The van der Waals surface area contributed by atoms with Gasteiger partial charge in [-0.1, -0.05) is 12.1 Å². The molecule has 6 rings (SSSR count). The molecule has 37 heavy (non-hydrogen) atoms. The third kappa shape index (κ3) is 4.88. The topological polar surface area (TPSA) is 94.1 Å². The number of nitrogens with one attached hydrogen (secondary N) is 2. The zero-order valence-corrected chi connectivity index (χ0v) is 21.9. The van der Waals surface area contributed by atoms with E-state index in [0.717, 1.165) is 42.5 Å². The first-order valence-corrected chi connectivity index (χ1v) is 14.2. The number of thiophene rings is 1. The fraction of sp³-hybridized carbons (Fsp3) is 0.414. The lowest BCUT2D eigenvalue weighted by Gasteiger charge is -2.35. The molecule has 0 spiro atoms. The van der Waals surface area contributed by atoms with Gasteiger partial charge in [0.25, 0.3) is 0 Å². The van der Waals surface area contributed by atoms with Crippen LogP contribution in [0.25, 0.3) is 33.3 Å². The fourth-order valence-corrected chi connectivity index (χ4v) is 6.69. The zero-order chi connectivity index (χ0) is 25.4. The molecule has 1 aliphatic carbocycles. The quantitative estimate of drug-likeness (QED) is 0.321. The minimum Gasteiger partial charge on any atom is -0.393 e. The van der Waals surface area contributed by atoms with Crippen molar-refractivity contribution >= 4 is 34.1 Å². The van der Waals surface area contributed by atoms with Crippen LogP contribution < -0.4 is 5.32 Å². The van der Waals surface area contributed by atoms with E-state index in [1.165, 1.54) is 22.1 Å². The number of H-pyrrole nitrogens is 1. The molecule has 1 saturated carbocycles. The maximum atomic E-state index is 12.9. The van der Waals surface area contributed by atoms with E-state index in [0.29, 0.717) is 31.9 Å². The Hall–Kier alpha value is -3.23. The number of nitrogens with zero attached hydrogens (tertiary/aromatic N) is 3. The van der Waals surface area contributed by atoms with Gasteiger partial charge in [0, 0.05) is 53.9 Å². The summed E-state index contributed by atoms with van der Waals surface area (Å²) >= 11 is 1.73. The first-order valence-electron chi connectivity index (χ1n) is 13.3. The lowest BCUT2D eigenvalue weighted by Crippen LogP contribution is -2.44.